The third-order valence-corrected chi connectivity index (χ3v) is 4.43. The molecule has 0 fully saturated rings. The second kappa shape index (κ2) is 8.33. The van der Waals surface area contributed by atoms with E-state index in [9.17, 15) is 22.8 Å². The van der Waals surface area contributed by atoms with Crippen LogP contribution in [0.5, 0.6) is 0 Å². The van der Waals surface area contributed by atoms with Gasteiger partial charge in [-0.05, 0) is 47.9 Å². The SMILES string of the molecule is CN(CC#Cc1ccc(C(F)(F)F)cc1)C(=O)c1ccc2ccn(CC(=O)O)c2c1. The number of aliphatic carboxylic acids is 1. The molecule has 1 heterocycles. The van der Waals surface area contributed by atoms with E-state index in [0.29, 0.717) is 16.6 Å². The molecule has 8 heteroatoms. The molecule has 1 aromatic heterocycles. The van der Waals surface area contributed by atoms with Crippen molar-refractivity contribution in [3.63, 3.8) is 0 Å². The van der Waals surface area contributed by atoms with E-state index in [0.717, 1.165) is 17.5 Å². The first-order valence-corrected chi connectivity index (χ1v) is 8.87. The summed E-state index contributed by atoms with van der Waals surface area (Å²) in [6, 6.07) is 11.3. The Morgan fingerprint density at radius 2 is 1.80 bits per heavy atom. The van der Waals surface area contributed by atoms with Crippen molar-refractivity contribution in [2.75, 3.05) is 13.6 Å². The predicted octanol–water partition coefficient (Wildman–Crippen LogP) is 3.87. The van der Waals surface area contributed by atoms with Gasteiger partial charge in [-0.1, -0.05) is 17.9 Å². The molecule has 3 aromatic rings. The van der Waals surface area contributed by atoms with Crippen LogP contribution in [0.3, 0.4) is 0 Å². The molecule has 0 saturated carbocycles. The molecule has 154 valence electrons. The molecule has 30 heavy (non-hydrogen) atoms. The average molecular weight is 414 g/mol. The fourth-order valence-electron chi connectivity index (χ4n) is 2.90. The van der Waals surface area contributed by atoms with E-state index < -0.39 is 17.7 Å². The number of nitrogens with zero attached hydrogens (tertiary/aromatic N) is 2. The molecular formula is C22H17F3N2O3. The van der Waals surface area contributed by atoms with Crippen LogP contribution >= 0.6 is 0 Å². The number of aromatic nitrogens is 1. The topological polar surface area (TPSA) is 62.5 Å². The number of hydrogen-bond donors (Lipinski definition) is 1. The highest BCUT2D eigenvalue weighted by Gasteiger charge is 2.29. The summed E-state index contributed by atoms with van der Waals surface area (Å²) in [5.41, 5.74) is 0.680. The second-order valence-corrected chi connectivity index (χ2v) is 6.65. The molecule has 0 radical (unpaired) electrons. The Morgan fingerprint density at radius 1 is 1.10 bits per heavy atom. The van der Waals surface area contributed by atoms with Crippen LogP contribution in [0.4, 0.5) is 13.2 Å². The molecule has 0 aliphatic carbocycles. The van der Waals surface area contributed by atoms with Crippen molar-refractivity contribution in [3.05, 3.63) is 71.4 Å². The van der Waals surface area contributed by atoms with Crippen LogP contribution in [-0.4, -0.2) is 40.0 Å². The molecule has 0 unspecified atom stereocenters. The summed E-state index contributed by atoms with van der Waals surface area (Å²) in [6.45, 7) is -0.135. The van der Waals surface area contributed by atoms with Crippen molar-refractivity contribution >= 4 is 22.8 Å². The number of fused-ring (bicyclic) bond motifs is 1. The zero-order chi connectivity index (χ0) is 21.9. The lowest BCUT2D eigenvalue weighted by atomic mass is 10.1. The number of carboxylic acids is 1. The summed E-state index contributed by atoms with van der Waals surface area (Å²) in [6.07, 6.45) is -2.75. The van der Waals surface area contributed by atoms with Crippen LogP contribution in [0.25, 0.3) is 10.9 Å². The molecule has 5 nitrogen and oxygen atoms in total. The lowest BCUT2D eigenvalue weighted by Crippen LogP contribution is -2.27. The molecular weight excluding hydrogens is 397 g/mol. The van der Waals surface area contributed by atoms with Crippen molar-refractivity contribution in [2.24, 2.45) is 0 Å². The largest absolute Gasteiger partial charge is 0.480 e. The van der Waals surface area contributed by atoms with Gasteiger partial charge in [-0.2, -0.15) is 13.2 Å². The Bertz CT molecular complexity index is 1150. The van der Waals surface area contributed by atoms with Crippen molar-refractivity contribution in [1.82, 2.24) is 9.47 Å². The first-order valence-electron chi connectivity index (χ1n) is 8.87. The summed E-state index contributed by atoms with van der Waals surface area (Å²) < 4.78 is 39.3. The summed E-state index contributed by atoms with van der Waals surface area (Å²) in [5, 5.41) is 9.81. The molecule has 0 atom stereocenters. The van der Waals surface area contributed by atoms with E-state index in [1.165, 1.54) is 17.0 Å². The minimum absolute atomic E-state index is 0.0774. The zero-order valence-electron chi connectivity index (χ0n) is 15.9. The van der Waals surface area contributed by atoms with Crippen LogP contribution in [0.2, 0.25) is 0 Å². The van der Waals surface area contributed by atoms with Gasteiger partial charge in [0, 0.05) is 29.9 Å². The summed E-state index contributed by atoms with van der Waals surface area (Å²) in [7, 11) is 1.56. The Hall–Kier alpha value is -3.73. The molecule has 0 aliphatic rings. The van der Waals surface area contributed by atoms with Gasteiger partial charge in [0.05, 0.1) is 12.1 Å². The van der Waals surface area contributed by atoms with E-state index >= 15 is 0 Å². The Morgan fingerprint density at radius 3 is 2.43 bits per heavy atom. The van der Waals surface area contributed by atoms with Crippen LogP contribution < -0.4 is 0 Å². The maximum Gasteiger partial charge on any atom is 0.416 e. The molecule has 1 amide bonds. The van der Waals surface area contributed by atoms with Crippen LogP contribution in [0, 0.1) is 11.8 Å². The Labute approximate surface area is 170 Å². The number of carbonyl (C=O) groups excluding carboxylic acids is 1. The van der Waals surface area contributed by atoms with Crippen molar-refractivity contribution < 1.29 is 27.9 Å². The molecule has 1 N–H and O–H groups in total. The number of alkyl halides is 3. The van der Waals surface area contributed by atoms with Crippen molar-refractivity contribution in [2.45, 2.75) is 12.7 Å². The first-order chi connectivity index (χ1) is 14.1. The summed E-state index contributed by atoms with van der Waals surface area (Å²) in [4.78, 5) is 25.0. The number of carboxylic acid groups (broad SMARTS) is 1. The normalized spacial score (nSPS) is 11.1. The monoisotopic (exact) mass is 414 g/mol. The van der Waals surface area contributed by atoms with E-state index in [-0.39, 0.29) is 19.0 Å². The number of amides is 1. The Kier molecular flexibility index (Phi) is 5.83. The second-order valence-electron chi connectivity index (χ2n) is 6.65. The number of hydrogen-bond acceptors (Lipinski definition) is 2. The third kappa shape index (κ3) is 4.81. The summed E-state index contributed by atoms with van der Waals surface area (Å²) in [5.74, 6) is 4.22. The minimum atomic E-state index is -4.40. The van der Waals surface area contributed by atoms with Gasteiger partial charge in [0.1, 0.15) is 6.54 Å². The lowest BCUT2D eigenvalue weighted by Gasteiger charge is -2.14. The van der Waals surface area contributed by atoms with Gasteiger partial charge in [-0.15, -0.1) is 0 Å². The molecule has 0 bridgehead atoms. The molecule has 0 saturated heterocycles. The van der Waals surface area contributed by atoms with Crippen LogP contribution in [0.15, 0.2) is 54.7 Å². The number of benzene rings is 2. The zero-order valence-corrected chi connectivity index (χ0v) is 15.9. The third-order valence-electron chi connectivity index (χ3n) is 4.43. The average Bonchev–Trinajstić information content (AvgIpc) is 3.08. The first kappa shape index (κ1) is 21.0. The van der Waals surface area contributed by atoms with Gasteiger partial charge in [0.25, 0.3) is 5.91 Å². The van der Waals surface area contributed by atoms with Crippen LogP contribution in [0.1, 0.15) is 21.5 Å². The Balaban J connectivity index is 1.70. The number of carbonyl (C=O) groups is 2. The quantitative estimate of drug-likeness (QED) is 0.660. The maximum atomic E-state index is 12.6. The maximum absolute atomic E-state index is 12.6. The van der Waals surface area contributed by atoms with Gasteiger partial charge < -0.3 is 14.6 Å². The summed E-state index contributed by atoms with van der Waals surface area (Å²) >= 11 is 0. The fourth-order valence-corrected chi connectivity index (χ4v) is 2.90. The smallest absolute Gasteiger partial charge is 0.416 e. The van der Waals surface area contributed by atoms with Gasteiger partial charge >= 0.3 is 12.1 Å². The molecule has 3 rings (SSSR count). The standard InChI is InChI=1S/C22H17F3N2O3/c1-26(11-2-3-15-4-8-18(9-5-15)22(23,24)25)21(30)17-7-6-16-10-12-27(14-20(28)29)19(16)13-17/h4-10,12-13H,11,14H2,1H3,(H,28,29). The highest BCUT2D eigenvalue weighted by molar-refractivity contribution is 5.98. The number of rotatable bonds is 4. The van der Waals surface area contributed by atoms with E-state index in [4.69, 9.17) is 5.11 Å². The molecule has 0 aliphatic heterocycles. The highest BCUT2D eigenvalue weighted by Crippen LogP contribution is 2.28. The van der Waals surface area contributed by atoms with Crippen LogP contribution in [-0.2, 0) is 17.5 Å². The van der Waals surface area contributed by atoms with Gasteiger partial charge in [-0.25, -0.2) is 0 Å². The van der Waals surface area contributed by atoms with Gasteiger partial charge in [0.15, 0.2) is 0 Å². The number of halogens is 3. The van der Waals surface area contributed by atoms with Gasteiger partial charge in [0.2, 0.25) is 0 Å². The molecule has 0 spiro atoms. The fraction of sp³-hybridized carbons (Fsp3) is 0.182. The highest BCUT2D eigenvalue weighted by atomic mass is 19.4. The van der Waals surface area contributed by atoms with Crippen molar-refractivity contribution in [3.8, 4) is 11.8 Å². The van der Waals surface area contributed by atoms with E-state index in [2.05, 4.69) is 11.8 Å². The van der Waals surface area contributed by atoms with E-state index in [1.54, 1.807) is 42.1 Å². The van der Waals surface area contributed by atoms with E-state index in [1.807, 2.05) is 0 Å². The minimum Gasteiger partial charge on any atom is -0.480 e. The predicted molar refractivity (Wildman–Crippen MR) is 105 cm³/mol. The van der Waals surface area contributed by atoms with Gasteiger partial charge in [-0.3, -0.25) is 9.59 Å². The molecule has 2 aromatic carbocycles. The van der Waals surface area contributed by atoms with Crippen molar-refractivity contribution in [1.29, 1.82) is 0 Å². The lowest BCUT2D eigenvalue weighted by molar-refractivity contribution is -0.138.